The van der Waals surface area contributed by atoms with E-state index in [2.05, 4.69) is 10.4 Å². The zero-order chi connectivity index (χ0) is 16.3. The average molecular weight is 308 g/mol. The number of alkyl halides is 3. The van der Waals surface area contributed by atoms with Crippen LogP contribution >= 0.6 is 0 Å². The normalized spacial score (nSPS) is 11.0. The third-order valence-electron chi connectivity index (χ3n) is 2.81. The lowest BCUT2D eigenvalue weighted by Crippen LogP contribution is -2.10. The van der Waals surface area contributed by atoms with Gasteiger partial charge in [-0.15, -0.1) is 0 Å². The lowest BCUT2D eigenvalue weighted by Gasteiger charge is -2.07. The molecule has 2 aromatic rings. The quantitative estimate of drug-likeness (QED) is 0.947. The molecule has 8 heteroatoms. The summed E-state index contributed by atoms with van der Waals surface area (Å²) < 4.78 is 39.1. The Morgan fingerprint density at radius 3 is 2.50 bits per heavy atom. The number of carbonyl (C=O) groups excluding carboxylic acids is 1. The molecule has 0 saturated carbocycles. The summed E-state index contributed by atoms with van der Waals surface area (Å²) in [5, 5.41) is 14.4. The zero-order valence-corrected chi connectivity index (χ0v) is 11.5. The first-order valence-electron chi connectivity index (χ1n) is 6.22. The van der Waals surface area contributed by atoms with Crippen LogP contribution in [0, 0.1) is 18.3 Å². The van der Waals surface area contributed by atoms with E-state index < -0.39 is 17.8 Å². The monoisotopic (exact) mass is 308 g/mol. The molecule has 1 aromatic heterocycles. The van der Waals surface area contributed by atoms with Crippen LogP contribution in [0.4, 0.5) is 18.9 Å². The van der Waals surface area contributed by atoms with Gasteiger partial charge in [-0.3, -0.25) is 4.79 Å². The fourth-order valence-corrected chi connectivity index (χ4v) is 1.84. The van der Waals surface area contributed by atoms with Gasteiger partial charge >= 0.3 is 6.18 Å². The van der Waals surface area contributed by atoms with Crippen LogP contribution in [-0.2, 0) is 11.0 Å². The molecule has 0 fully saturated rings. The second-order valence-corrected chi connectivity index (χ2v) is 4.51. The number of nitrogens with one attached hydrogen (secondary N) is 1. The van der Waals surface area contributed by atoms with Crippen LogP contribution in [0.15, 0.2) is 30.3 Å². The van der Waals surface area contributed by atoms with Crippen molar-refractivity contribution in [3.8, 4) is 11.8 Å². The van der Waals surface area contributed by atoms with E-state index in [0.29, 0.717) is 17.1 Å². The van der Waals surface area contributed by atoms with Gasteiger partial charge in [-0.25, -0.2) is 4.68 Å². The maximum absolute atomic E-state index is 12.6. The molecule has 22 heavy (non-hydrogen) atoms. The van der Waals surface area contributed by atoms with Crippen molar-refractivity contribution in [1.82, 2.24) is 9.78 Å². The molecule has 2 rings (SSSR count). The molecule has 0 unspecified atom stereocenters. The number of rotatable bonds is 3. The Balaban J connectivity index is 2.23. The van der Waals surface area contributed by atoms with E-state index in [1.165, 1.54) is 35.9 Å². The van der Waals surface area contributed by atoms with Gasteiger partial charge in [0.25, 0.3) is 0 Å². The Labute approximate surface area is 124 Å². The van der Waals surface area contributed by atoms with Gasteiger partial charge < -0.3 is 5.32 Å². The second kappa shape index (κ2) is 5.89. The van der Waals surface area contributed by atoms with Crippen molar-refractivity contribution in [2.24, 2.45) is 0 Å². The molecule has 0 atom stereocenters. The van der Waals surface area contributed by atoms with Gasteiger partial charge in [-0.05, 0) is 37.3 Å². The minimum Gasteiger partial charge on any atom is -0.325 e. The molecule has 0 aliphatic carbocycles. The Morgan fingerprint density at radius 1 is 1.36 bits per heavy atom. The maximum Gasteiger partial charge on any atom is 0.435 e. The summed E-state index contributed by atoms with van der Waals surface area (Å²) in [5.74, 6) is -0.454. The van der Waals surface area contributed by atoms with Crippen LogP contribution in [-0.4, -0.2) is 15.7 Å². The lowest BCUT2D eigenvalue weighted by atomic mass is 10.2. The summed E-state index contributed by atoms with van der Waals surface area (Å²) >= 11 is 0. The van der Waals surface area contributed by atoms with E-state index >= 15 is 0 Å². The Bertz CT molecular complexity index is 726. The topological polar surface area (TPSA) is 70.7 Å². The van der Waals surface area contributed by atoms with Gasteiger partial charge in [0.2, 0.25) is 5.91 Å². The molecule has 1 aromatic carbocycles. The summed E-state index contributed by atoms with van der Waals surface area (Å²) in [4.78, 5) is 11.3. The van der Waals surface area contributed by atoms with E-state index in [0.717, 1.165) is 6.07 Å². The van der Waals surface area contributed by atoms with Crippen LogP contribution in [0.3, 0.4) is 0 Å². The van der Waals surface area contributed by atoms with Crippen LogP contribution in [0.25, 0.3) is 5.69 Å². The summed E-state index contributed by atoms with van der Waals surface area (Å²) in [6, 6.07) is 8.79. The number of nitrogens with zero attached hydrogens (tertiary/aromatic N) is 3. The molecule has 1 N–H and O–H groups in total. The smallest absolute Gasteiger partial charge is 0.325 e. The number of carbonyl (C=O) groups is 1. The first-order chi connectivity index (χ1) is 10.3. The number of benzene rings is 1. The first-order valence-corrected chi connectivity index (χ1v) is 6.22. The highest BCUT2D eigenvalue weighted by Crippen LogP contribution is 2.29. The van der Waals surface area contributed by atoms with Crippen LogP contribution in [0.2, 0.25) is 0 Å². The third kappa shape index (κ3) is 3.44. The number of hydrogen-bond acceptors (Lipinski definition) is 3. The van der Waals surface area contributed by atoms with Crippen LogP contribution < -0.4 is 5.32 Å². The summed E-state index contributed by atoms with van der Waals surface area (Å²) in [6.45, 7) is 1.52. The highest BCUT2D eigenvalue weighted by atomic mass is 19.4. The number of amides is 1. The highest BCUT2D eigenvalue weighted by Gasteiger charge is 2.34. The minimum absolute atomic E-state index is 0.269. The Morgan fingerprint density at radius 2 is 2.00 bits per heavy atom. The van der Waals surface area contributed by atoms with Gasteiger partial charge in [-0.2, -0.15) is 23.5 Å². The van der Waals surface area contributed by atoms with Crippen molar-refractivity contribution < 1.29 is 18.0 Å². The second-order valence-electron chi connectivity index (χ2n) is 4.51. The molecule has 0 spiro atoms. The summed E-state index contributed by atoms with van der Waals surface area (Å²) in [7, 11) is 0. The largest absolute Gasteiger partial charge is 0.435 e. The van der Waals surface area contributed by atoms with E-state index in [9.17, 15) is 18.0 Å². The number of nitriles is 1. The Kier molecular flexibility index (Phi) is 4.17. The van der Waals surface area contributed by atoms with Gasteiger partial charge in [-0.1, -0.05) is 0 Å². The van der Waals surface area contributed by atoms with Crippen molar-refractivity contribution in [2.75, 3.05) is 5.32 Å². The molecule has 0 saturated heterocycles. The molecule has 0 radical (unpaired) electrons. The van der Waals surface area contributed by atoms with Gasteiger partial charge in [0.1, 0.15) is 6.42 Å². The van der Waals surface area contributed by atoms with E-state index in [-0.39, 0.29) is 6.42 Å². The van der Waals surface area contributed by atoms with Crippen molar-refractivity contribution in [3.63, 3.8) is 0 Å². The minimum atomic E-state index is -4.50. The third-order valence-corrected chi connectivity index (χ3v) is 2.81. The van der Waals surface area contributed by atoms with Gasteiger partial charge in [0.15, 0.2) is 5.69 Å². The van der Waals surface area contributed by atoms with Crippen molar-refractivity contribution in [1.29, 1.82) is 5.26 Å². The number of aryl methyl sites for hydroxylation is 1. The average Bonchev–Trinajstić information content (AvgIpc) is 2.82. The molecule has 114 valence electrons. The predicted molar refractivity (Wildman–Crippen MR) is 72.2 cm³/mol. The highest BCUT2D eigenvalue weighted by molar-refractivity contribution is 5.92. The lowest BCUT2D eigenvalue weighted by molar-refractivity contribution is -0.141. The molecule has 1 heterocycles. The standard InChI is InChI=1S/C14H11F3N4O/c1-9-8-12(14(15,16)17)20-21(9)11-4-2-10(3-5-11)19-13(22)6-7-18/h2-5,8H,6H2,1H3,(H,19,22). The van der Waals surface area contributed by atoms with Crippen LogP contribution in [0.1, 0.15) is 17.8 Å². The summed E-state index contributed by atoms with van der Waals surface area (Å²) in [6.07, 6.45) is -4.77. The number of aromatic nitrogens is 2. The van der Waals surface area contributed by atoms with Crippen molar-refractivity contribution >= 4 is 11.6 Å². The number of halogens is 3. The van der Waals surface area contributed by atoms with E-state index in [4.69, 9.17) is 5.26 Å². The van der Waals surface area contributed by atoms with E-state index in [1.54, 1.807) is 6.07 Å². The zero-order valence-electron chi connectivity index (χ0n) is 11.5. The fourth-order valence-electron chi connectivity index (χ4n) is 1.84. The predicted octanol–water partition coefficient (Wildman–Crippen LogP) is 3.05. The summed E-state index contributed by atoms with van der Waals surface area (Å²) in [5.41, 5.74) is 0.265. The van der Waals surface area contributed by atoms with E-state index in [1.807, 2.05) is 0 Å². The first kappa shape index (κ1) is 15.6. The molecule has 0 aliphatic heterocycles. The van der Waals surface area contributed by atoms with Crippen molar-refractivity contribution in [3.05, 3.63) is 41.7 Å². The van der Waals surface area contributed by atoms with Gasteiger partial charge in [0, 0.05) is 11.4 Å². The molecular weight excluding hydrogens is 297 g/mol. The molecule has 1 amide bonds. The molecular formula is C14H11F3N4O. The number of hydrogen-bond donors (Lipinski definition) is 1. The van der Waals surface area contributed by atoms with Gasteiger partial charge in [0.05, 0.1) is 11.8 Å². The molecule has 0 aliphatic rings. The molecule has 5 nitrogen and oxygen atoms in total. The number of anilines is 1. The SMILES string of the molecule is Cc1cc(C(F)(F)F)nn1-c1ccc(NC(=O)CC#N)cc1. The Hall–Kier alpha value is -2.82. The molecule has 0 bridgehead atoms. The van der Waals surface area contributed by atoms with Crippen molar-refractivity contribution in [2.45, 2.75) is 19.5 Å². The maximum atomic E-state index is 12.6. The fraction of sp³-hybridized carbons (Fsp3) is 0.214. The van der Waals surface area contributed by atoms with Crippen LogP contribution in [0.5, 0.6) is 0 Å².